The van der Waals surface area contributed by atoms with Crippen LogP contribution in [0.2, 0.25) is 0 Å². The van der Waals surface area contributed by atoms with E-state index >= 15 is 0 Å². The van der Waals surface area contributed by atoms with Crippen molar-refractivity contribution in [2.75, 3.05) is 0 Å². The minimum Gasteiger partial charge on any atom is -0.489 e. The van der Waals surface area contributed by atoms with Gasteiger partial charge >= 0.3 is 0 Å². The molecule has 2 aliphatic heterocycles. The van der Waals surface area contributed by atoms with Crippen LogP contribution in [0.1, 0.15) is 60.2 Å². The molecule has 0 N–H and O–H groups in total. The van der Waals surface area contributed by atoms with Gasteiger partial charge in [-0.2, -0.15) is 0 Å². The second kappa shape index (κ2) is 12.1. The van der Waals surface area contributed by atoms with Crippen LogP contribution in [-0.4, -0.2) is 22.9 Å². The molecule has 0 radical (unpaired) electrons. The van der Waals surface area contributed by atoms with Crippen molar-refractivity contribution >= 4 is 12.2 Å². The van der Waals surface area contributed by atoms with Gasteiger partial charge in [0.15, 0.2) is 0 Å². The monoisotopic (exact) mass is 679 g/mol. The Labute approximate surface area is 307 Å². The first kappa shape index (κ1) is 30.7. The van der Waals surface area contributed by atoms with Crippen LogP contribution >= 0.6 is 0 Å². The number of aromatic nitrogens is 1. The normalized spacial score (nSPS) is 33.1. The lowest BCUT2D eigenvalue weighted by atomic mass is 9.47. The van der Waals surface area contributed by atoms with E-state index in [0.29, 0.717) is 5.92 Å². The summed E-state index contributed by atoms with van der Waals surface area (Å²) >= 11 is 0. The van der Waals surface area contributed by atoms with Gasteiger partial charge in [0.2, 0.25) is 0 Å². The fourth-order valence-electron chi connectivity index (χ4n) is 11.2. The molecule has 8 atom stereocenters. The van der Waals surface area contributed by atoms with Crippen molar-refractivity contribution in [2.24, 2.45) is 23.7 Å². The Balaban J connectivity index is 1.02. The number of nitrogens with zero attached hydrogens (tertiary/aromatic N) is 1. The van der Waals surface area contributed by atoms with Crippen molar-refractivity contribution in [1.29, 1.82) is 0 Å². The first-order valence-electron chi connectivity index (χ1n) is 19.7. The summed E-state index contributed by atoms with van der Waals surface area (Å²) in [6.45, 7) is 0. The van der Waals surface area contributed by atoms with Crippen LogP contribution in [0.15, 0.2) is 150 Å². The highest BCUT2D eigenvalue weighted by atomic mass is 16.5. The zero-order valence-corrected chi connectivity index (χ0v) is 29.6. The van der Waals surface area contributed by atoms with Crippen LogP contribution < -0.4 is 4.74 Å². The van der Waals surface area contributed by atoms with Crippen LogP contribution in [0.3, 0.4) is 0 Å². The molecule has 1 spiro atoms. The van der Waals surface area contributed by atoms with Crippen LogP contribution in [0.5, 0.6) is 5.75 Å². The summed E-state index contributed by atoms with van der Waals surface area (Å²) in [5.74, 6) is 2.08. The molecule has 6 aliphatic carbocycles. The Morgan fingerprint density at radius 3 is 2.50 bits per heavy atom. The Kier molecular flexibility index (Phi) is 7.15. The average Bonchev–Trinajstić information content (AvgIpc) is 3.55. The van der Waals surface area contributed by atoms with E-state index in [1.54, 1.807) is 0 Å². The molecule has 52 heavy (non-hydrogen) atoms. The van der Waals surface area contributed by atoms with Crippen molar-refractivity contribution in [2.45, 2.75) is 68.7 Å². The quantitative estimate of drug-likeness (QED) is 0.257. The summed E-state index contributed by atoms with van der Waals surface area (Å²) < 4.78 is 16.7. The average molecular weight is 680 g/mol. The molecule has 0 saturated carbocycles. The SMILES string of the molecule is C1=CC(C2=CC3C(C=C2)OC2C=C(C4C=Cc5c6c(n(-c7ccccc7)c5C4)C=CCC6)C=CC2C32c3ccccc3OC3CC=CCC32)=CCC1. The first-order valence-corrected chi connectivity index (χ1v) is 19.7. The molecule has 8 aliphatic rings. The standard InChI is InChI=1S/C49H45NO2/c1-3-13-32(14-4-1)33-25-28-47-42(29-33)49(39-18-8-11-21-45(39)51-46-22-12-9-19-40(46)49)41-27-24-35(31-48(41)52-47)34-23-26-38-37-17-7-10-20-43(37)50(44(38)30-34)36-15-5-2-6-16-36/h2-3,5-6,8-16,18,20-21,23-29,31,34,40-42,46-48H,1,4,7,17,19,22,30H2. The third kappa shape index (κ3) is 4.54. The summed E-state index contributed by atoms with van der Waals surface area (Å²) in [7, 11) is 0. The van der Waals surface area contributed by atoms with Crippen molar-refractivity contribution in [3.05, 3.63) is 178 Å². The maximum atomic E-state index is 7.31. The van der Waals surface area contributed by atoms with E-state index < -0.39 is 0 Å². The molecule has 8 unspecified atom stereocenters. The third-order valence-electron chi connectivity index (χ3n) is 13.4. The molecule has 1 saturated heterocycles. The van der Waals surface area contributed by atoms with E-state index in [-0.39, 0.29) is 41.5 Å². The number of para-hydroxylation sites is 2. The van der Waals surface area contributed by atoms with Crippen LogP contribution in [0.25, 0.3) is 17.8 Å². The first-order chi connectivity index (χ1) is 25.8. The molecule has 3 nitrogen and oxygen atoms in total. The zero-order valence-electron chi connectivity index (χ0n) is 29.6. The molecule has 1 fully saturated rings. The molecule has 3 aromatic rings. The van der Waals surface area contributed by atoms with Gasteiger partial charge in [-0.3, -0.25) is 0 Å². The molecule has 0 bridgehead atoms. The van der Waals surface area contributed by atoms with Gasteiger partial charge in [-0.25, -0.2) is 0 Å². The summed E-state index contributed by atoms with van der Waals surface area (Å²) in [5, 5.41) is 0. The summed E-state index contributed by atoms with van der Waals surface area (Å²) in [6, 6.07) is 19.9. The number of benzene rings is 2. The Bertz CT molecular complexity index is 2230. The molecule has 2 aromatic carbocycles. The minimum absolute atomic E-state index is 0.0118. The van der Waals surface area contributed by atoms with E-state index in [4.69, 9.17) is 9.47 Å². The van der Waals surface area contributed by atoms with Crippen LogP contribution in [-0.2, 0) is 23.0 Å². The second-order valence-electron chi connectivity index (χ2n) is 15.9. The number of hydrogen-bond acceptors (Lipinski definition) is 2. The third-order valence-corrected chi connectivity index (χ3v) is 13.4. The number of allylic oxidation sites excluding steroid dienone is 11. The number of rotatable bonds is 3. The Morgan fingerprint density at radius 1 is 0.692 bits per heavy atom. The van der Waals surface area contributed by atoms with E-state index in [2.05, 4.69) is 150 Å². The van der Waals surface area contributed by atoms with E-state index in [0.717, 1.165) is 50.7 Å². The lowest BCUT2D eigenvalue weighted by Crippen LogP contribution is -2.64. The highest BCUT2D eigenvalue weighted by Crippen LogP contribution is 2.63. The predicted octanol–water partition coefficient (Wildman–Crippen LogP) is 10.6. The molecule has 0 amide bonds. The molecule has 258 valence electrons. The minimum atomic E-state index is -0.172. The largest absolute Gasteiger partial charge is 0.489 e. The van der Waals surface area contributed by atoms with E-state index in [1.807, 2.05) is 0 Å². The molecular formula is C49H45NO2. The highest BCUT2D eigenvalue weighted by molar-refractivity contribution is 5.72. The highest BCUT2D eigenvalue weighted by Gasteiger charge is 2.63. The zero-order chi connectivity index (χ0) is 34.2. The fraction of sp³-hybridized carbons (Fsp3) is 0.306. The van der Waals surface area contributed by atoms with Gasteiger partial charge in [-0.1, -0.05) is 121 Å². The van der Waals surface area contributed by atoms with Gasteiger partial charge < -0.3 is 14.0 Å². The van der Waals surface area contributed by atoms with Gasteiger partial charge in [0, 0.05) is 58.1 Å². The maximum Gasteiger partial charge on any atom is 0.123 e. The topological polar surface area (TPSA) is 23.4 Å². The Morgan fingerprint density at radius 2 is 1.58 bits per heavy atom. The summed E-state index contributed by atoms with van der Waals surface area (Å²) in [4.78, 5) is 0. The van der Waals surface area contributed by atoms with Gasteiger partial charge in [0.05, 0.1) is 12.2 Å². The van der Waals surface area contributed by atoms with Crippen molar-refractivity contribution in [3.8, 4) is 11.4 Å². The van der Waals surface area contributed by atoms with E-state index in [9.17, 15) is 0 Å². The molecular weight excluding hydrogens is 635 g/mol. The molecule has 3 heteroatoms. The molecule has 1 aromatic heterocycles. The van der Waals surface area contributed by atoms with Crippen molar-refractivity contribution in [3.63, 3.8) is 0 Å². The lowest BCUT2D eigenvalue weighted by molar-refractivity contribution is -0.134. The van der Waals surface area contributed by atoms with Crippen molar-refractivity contribution in [1.82, 2.24) is 4.57 Å². The van der Waals surface area contributed by atoms with Crippen LogP contribution in [0.4, 0.5) is 0 Å². The van der Waals surface area contributed by atoms with Gasteiger partial charge in [0.1, 0.15) is 11.9 Å². The van der Waals surface area contributed by atoms with Crippen LogP contribution in [0, 0.1) is 23.7 Å². The number of hydrogen-bond donors (Lipinski definition) is 0. The van der Waals surface area contributed by atoms with Gasteiger partial charge in [-0.05, 0) is 90.6 Å². The maximum absolute atomic E-state index is 7.31. The summed E-state index contributed by atoms with van der Waals surface area (Å²) in [5.41, 5.74) is 12.2. The summed E-state index contributed by atoms with van der Waals surface area (Å²) in [6.07, 6.45) is 43.8. The second-order valence-corrected chi connectivity index (χ2v) is 15.9. The smallest absolute Gasteiger partial charge is 0.123 e. The fourth-order valence-corrected chi connectivity index (χ4v) is 11.2. The molecule has 3 heterocycles. The number of fused-ring (bicyclic) bond motifs is 11. The van der Waals surface area contributed by atoms with Gasteiger partial charge in [-0.15, -0.1) is 0 Å². The lowest BCUT2D eigenvalue weighted by Gasteiger charge is -2.62. The van der Waals surface area contributed by atoms with Gasteiger partial charge in [0.25, 0.3) is 0 Å². The van der Waals surface area contributed by atoms with E-state index in [1.165, 1.54) is 50.5 Å². The predicted molar refractivity (Wildman–Crippen MR) is 210 cm³/mol. The number of ether oxygens (including phenoxy) is 2. The van der Waals surface area contributed by atoms with Crippen molar-refractivity contribution < 1.29 is 9.47 Å². The Hall–Kier alpha value is -4.86. The molecule has 11 rings (SSSR count).